The molecule has 3 rings (SSSR count). The van der Waals surface area contributed by atoms with Crippen LogP contribution >= 0.6 is 23.2 Å². The van der Waals surface area contributed by atoms with Crippen LogP contribution < -0.4 is 15.4 Å². The molecule has 1 fully saturated rings. The van der Waals surface area contributed by atoms with Gasteiger partial charge in [0.2, 0.25) is 5.91 Å². The summed E-state index contributed by atoms with van der Waals surface area (Å²) in [5, 5.41) is 7.06. The molecule has 1 aliphatic rings. The Balaban J connectivity index is 1.75. The molecule has 1 aliphatic heterocycles. The third kappa shape index (κ3) is 4.30. The number of piperazine rings is 1. The maximum Gasteiger partial charge on any atom is 0.238 e. The first kappa shape index (κ1) is 19.0. The summed E-state index contributed by atoms with van der Waals surface area (Å²) in [6, 6.07) is 13.1. The molecule has 0 radical (unpaired) electrons. The zero-order chi connectivity index (χ0) is 18.5. The minimum atomic E-state index is -0.151. The van der Waals surface area contributed by atoms with Crippen LogP contribution in [0.15, 0.2) is 42.5 Å². The molecule has 138 valence electrons. The van der Waals surface area contributed by atoms with Crippen molar-refractivity contribution in [3.05, 3.63) is 58.1 Å². The molecule has 0 spiro atoms. The molecule has 2 aromatic carbocycles. The lowest BCUT2D eigenvalue weighted by molar-refractivity contribution is -0.118. The predicted molar refractivity (Wildman–Crippen MR) is 105 cm³/mol. The summed E-state index contributed by atoms with van der Waals surface area (Å²) < 4.78 is 5.49. The summed E-state index contributed by atoms with van der Waals surface area (Å²) in [6.45, 7) is 2.57. The van der Waals surface area contributed by atoms with Crippen LogP contribution in [0.4, 0.5) is 5.69 Å². The second-order valence-corrected chi connectivity index (χ2v) is 6.89. The highest BCUT2D eigenvalue weighted by Crippen LogP contribution is 2.31. The van der Waals surface area contributed by atoms with Gasteiger partial charge in [0, 0.05) is 25.2 Å². The van der Waals surface area contributed by atoms with Gasteiger partial charge >= 0.3 is 0 Å². The van der Waals surface area contributed by atoms with Crippen molar-refractivity contribution in [1.29, 1.82) is 0 Å². The van der Waals surface area contributed by atoms with Gasteiger partial charge in [-0.1, -0.05) is 47.5 Å². The summed E-state index contributed by atoms with van der Waals surface area (Å²) >= 11 is 12.3. The van der Waals surface area contributed by atoms with E-state index >= 15 is 0 Å². The summed E-state index contributed by atoms with van der Waals surface area (Å²) in [5.41, 5.74) is 1.51. The molecule has 0 aliphatic carbocycles. The van der Waals surface area contributed by atoms with Crippen molar-refractivity contribution in [2.24, 2.45) is 0 Å². The first-order valence-electron chi connectivity index (χ1n) is 8.41. The number of amides is 1. The molecule has 26 heavy (non-hydrogen) atoms. The number of ether oxygens (including phenoxy) is 1. The Bertz CT molecular complexity index is 765. The van der Waals surface area contributed by atoms with Crippen molar-refractivity contribution in [2.45, 2.75) is 6.04 Å². The van der Waals surface area contributed by atoms with Crippen molar-refractivity contribution in [3.8, 4) is 5.75 Å². The second kappa shape index (κ2) is 8.73. The van der Waals surface area contributed by atoms with Gasteiger partial charge in [-0.15, -0.1) is 0 Å². The third-order valence-electron chi connectivity index (χ3n) is 4.43. The molecule has 7 heteroatoms. The van der Waals surface area contributed by atoms with Gasteiger partial charge < -0.3 is 15.4 Å². The SMILES string of the molecule is COc1ccccc1C1CNCCN1CC(=O)Nc1c(Cl)cccc1Cl. The average Bonchev–Trinajstić information content (AvgIpc) is 2.65. The molecular weight excluding hydrogens is 373 g/mol. The molecule has 2 aromatic rings. The van der Waals surface area contributed by atoms with Crippen LogP contribution in [-0.2, 0) is 4.79 Å². The molecule has 1 amide bonds. The number of nitrogens with zero attached hydrogens (tertiary/aromatic N) is 1. The summed E-state index contributed by atoms with van der Waals surface area (Å²) in [5.74, 6) is 0.669. The van der Waals surface area contributed by atoms with Gasteiger partial charge in [-0.05, 0) is 18.2 Å². The molecule has 1 unspecified atom stereocenters. The predicted octanol–water partition coefficient (Wildman–Crippen LogP) is 3.59. The number of halogens is 2. The quantitative estimate of drug-likeness (QED) is 0.814. The maximum atomic E-state index is 12.6. The normalized spacial score (nSPS) is 17.7. The van der Waals surface area contributed by atoms with Crippen molar-refractivity contribution in [2.75, 3.05) is 38.6 Å². The van der Waals surface area contributed by atoms with Crippen LogP contribution in [0.25, 0.3) is 0 Å². The number of nitrogens with one attached hydrogen (secondary N) is 2. The van der Waals surface area contributed by atoms with E-state index in [0.29, 0.717) is 15.7 Å². The van der Waals surface area contributed by atoms with Crippen molar-refractivity contribution in [1.82, 2.24) is 10.2 Å². The first-order valence-corrected chi connectivity index (χ1v) is 9.17. The minimum absolute atomic E-state index is 0.0485. The van der Waals surface area contributed by atoms with Crippen LogP contribution in [0.3, 0.4) is 0 Å². The molecular formula is C19H21Cl2N3O2. The van der Waals surface area contributed by atoms with Gasteiger partial charge in [-0.2, -0.15) is 0 Å². The molecule has 0 saturated carbocycles. The number of benzene rings is 2. The Kier molecular flexibility index (Phi) is 6.38. The number of para-hydroxylation sites is 2. The maximum absolute atomic E-state index is 12.6. The monoisotopic (exact) mass is 393 g/mol. The van der Waals surface area contributed by atoms with Crippen LogP contribution in [0.5, 0.6) is 5.75 Å². The number of rotatable bonds is 5. The van der Waals surface area contributed by atoms with Crippen LogP contribution in [0, 0.1) is 0 Å². The standard InChI is InChI=1S/C19H21Cl2N3O2/c1-26-17-8-3-2-5-13(17)16-11-22-9-10-24(16)12-18(25)23-19-14(20)6-4-7-15(19)21/h2-8,16,22H,9-12H2,1H3,(H,23,25). The fourth-order valence-electron chi connectivity index (χ4n) is 3.16. The first-order chi connectivity index (χ1) is 12.6. The largest absolute Gasteiger partial charge is 0.496 e. The number of methoxy groups -OCH3 is 1. The fourth-order valence-corrected chi connectivity index (χ4v) is 3.66. The van der Waals surface area contributed by atoms with E-state index in [1.54, 1.807) is 25.3 Å². The molecule has 5 nitrogen and oxygen atoms in total. The Labute approximate surface area is 163 Å². The summed E-state index contributed by atoms with van der Waals surface area (Å²) in [6.07, 6.45) is 0. The van der Waals surface area contributed by atoms with Crippen molar-refractivity contribution >= 4 is 34.8 Å². The lowest BCUT2D eigenvalue weighted by Gasteiger charge is -2.36. The highest BCUT2D eigenvalue weighted by atomic mass is 35.5. The zero-order valence-corrected chi connectivity index (χ0v) is 16.0. The average molecular weight is 394 g/mol. The number of hydrogen-bond acceptors (Lipinski definition) is 4. The Hall–Kier alpha value is -1.79. The van der Waals surface area contributed by atoms with Gasteiger partial charge in [0.15, 0.2) is 0 Å². The van der Waals surface area contributed by atoms with E-state index < -0.39 is 0 Å². The van der Waals surface area contributed by atoms with Gasteiger partial charge in [-0.3, -0.25) is 9.69 Å². The van der Waals surface area contributed by atoms with E-state index in [-0.39, 0.29) is 18.5 Å². The van der Waals surface area contributed by atoms with Crippen LogP contribution in [0.1, 0.15) is 11.6 Å². The van der Waals surface area contributed by atoms with Gasteiger partial charge in [-0.25, -0.2) is 0 Å². The topological polar surface area (TPSA) is 53.6 Å². The van der Waals surface area contributed by atoms with E-state index in [1.165, 1.54) is 0 Å². The van der Waals surface area contributed by atoms with Gasteiger partial charge in [0.1, 0.15) is 5.75 Å². The summed E-state index contributed by atoms with van der Waals surface area (Å²) in [4.78, 5) is 14.7. The zero-order valence-electron chi connectivity index (χ0n) is 14.5. The molecule has 2 N–H and O–H groups in total. The van der Waals surface area contributed by atoms with Crippen LogP contribution in [-0.4, -0.2) is 44.1 Å². The fraction of sp³-hybridized carbons (Fsp3) is 0.316. The Morgan fingerprint density at radius 3 is 2.69 bits per heavy atom. The van der Waals surface area contributed by atoms with Gasteiger partial charge in [0.05, 0.1) is 35.4 Å². The molecule has 0 aromatic heterocycles. The Morgan fingerprint density at radius 2 is 1.96 bits per heavy atom. The highest BCUT2D eigenvalue weighted by molar-refractivity contribution is 6.39. The Morgan fingerprint density at radius 1 is 1.23 bits per heavy atom. The van der Waals surface area contributed by atoms with E-state index in [0.717, 1.165) is 30.9 Å². The van der Waals surface area contributed by atoms with E-state index in [2.05, 4.69) is 15.5 Å². The lowest BCUT2D eigenvalue weighted by atomic mass is 10.0. The molecule has 1 atom stereocenters. The van der Waals surface area contributed by atoms with E-state index in [1.807, 2.05) is 24.3 Å². The van der Waals surface area contributed by atoms with Gasteiger partial charge in [0.25, 0.3) is 0 Å². The number of anilines is 1. The smallest absolute Gasteiger partial charge is 0.238 e. The minimum Gasteiger partial charge on any atom is -0.496 e. The molecule has 1 saturated heterocycles. The number of carbonyl (C=O) groups is 1. The number of hydrogen-bond donors (Lipinski definition) is 2. The molecule has 1 heterocycles. The summed E-state index contributed by atoms with van der Waals surface area (Å²) in [7, 11) is 1.66. The molecule has 0 bridgehead atoms. The number of carbonyl (C=O) groups excluding carboxylic acids is 1. The lowest BCUT2D eigenvalue weighted by Crippen LogP contribution is -2.48. The van der Waals surface area contributed by atoms with Crippen molar-refractivity contribution < 1.29 is 9.53 Å². The van der Waals surface area contributed by atoms with Crippen molar-refractivity contribution in [3.63, 3.8) is 0 Å². The van der Waals surface area contributed by atoms with E-state index in [9.17, 15) is 4.79 Å². The second-order valence-electron chi connectivity index (χ2n) is 6.08. The third-order valence-corrected chi connectivity index (χ3v) is 5.06. The van der Waals surface area contributed by atoms with E-state index in [4.69, 9.17) is 27.9 Å². The highest BCUT2D eigenvalue weighted by Gasteiger charge is 2.27. The van der Waals surface area contributed by atoms with Crippen LogP contribution in [0.2, 0.25) is 10.0 Å².